The third-order valence-corrected chi connectivity index (χ3v) is 4.87. The SMILES string of the molecule is CCOC(=O)c1c(SC)n(C2CC2)c2c(OC)c(F)c(F)cc2c1=O. The predicted molar refractivity (Wildman–Crippen MR) is 90.7 cm³/mol. The Labute approximate surface area is 146 Å². The van der Waals surface area contributed by atoms with Crippen LogP contribution in [-0.2, 0) is 4.74 Å². The van der Waals surface area contributed by atoms with Crippen molar-refractivity contribution in [3.05, 3.63) is 33.5 Å². The van der Waals surface area contributed by atoms with Crippen LogP contribution in [-0.4, -0.2) is 30.5 Å². The van der Waals surface area contributed by atoms with Gasteiger partial charge in [-0.3, -0.25) is 4.79 Å². The zero-order chi connectivity index (χ0) is 18.3. The quantitative estimate of drug-likeness (QED) is 0.596. The number of pyridine rings is 1. The summed E-state index contributed by atoms with van der Waals surface area (Å²) in [5, 5.41) is 0.284. The Morgan fingerprint density at radius 2 is 2.08 bits per heavy atom. The highest BCUT2D eigenvalue weighted by Crippen LogP contribution is 2.44. The van der Waals surface area contributed by atoms with Gasteiger partial charge in [0.25, 0.3) is 0 Å². The molecular formula is C17H17F2NO4S. The second-order valence-corrected chi connectivity index (χ2v) is 6.43. The number of fused-ring (bicyclic) bond motifs is 1. The first-order valence-corrected chi connectivity index (χ1v) is 9.03. The standard InChI is InChI=1S/C17H17F2NO4S/c1-4-24-17(22)11-14(21)9-7-10(18)12(19)15(23-2)13(9)20(8-5-6-8)16(11)25-3/h7-8H,4-6H2,1-3H3. The molecule has 0 bridgehead atoms. The van der Waals surface area contributed by atoms with Crippen LogP contribution in [0.2, 0.25) is 0 Å². The van der Waals surface area contributed by atoms with Crippen LogP contribution < -0.4 is 10.2 Å². The number of benzene rings is 1. The number of hydrogen-bond acceptors (Lipinski definition) is 5. The van der Waals surface area contributed by atoms with Gasteiger partial charge in [-0.1, -0.05) is 0 Å². The molecule has 1 aliphatic carbocycles. The second-order valence-electron chi connectivity index (χ2n) is 5.64. The molecule has 3 rings (SSSR count). The van der Waals surface area contributed by atoms with Crippen LogP contribution in [0.25, 0.3) is 10.9 Å². The van der Waals surface area contributed by atoms with Gasteiger partial charge >= 0.3 is 5.97 Å². The van der Waals surface area contributed by atoms with Gasteiger partial charge in [0, 0.05) is 6.04 Å². The number of thioether (sulfide) groups is 1. The van der Waals surface area contributed by atoms with E-state index in [0.717, 1.165) is 18.9 Å². The number of aromatic nitrogens is 1. The van der Waals surface area contributed by atoms with E-state index < -0.39 is 23.0 Å². The van der Waals surface area contributed by atoms with Gasteiger partial charge in [0.15, 0.2) is 11.6 Å². The zero-order valence-electron chi connectivity index (χ0n) is 14.0. The topological polar surface area (TPSA) is 57.5 Å². The lowest BCUT2D eigenvalue weighted by Crippen LogP contribution is -2.24. The van der Waals surface area contributed by atoms with E-state index >= 15 is 0 Å². The highest BCUT2D eigenvalue weighted by molar-refractivity contribution is 7.98. The molecule has 1 heterocycles. The molecule has 0 N–H and O–H groups in total. The Bertz CT molecular complexity index is 921. The second kappa shape index (κ2) is 6.67. The molecule has 134 valence electrons. The minimum absolute atomic E-state index is 0.00233. The highest BCUT2D eigenvalue weighted by atomic mass is 32.2. The van der Waals surface area contributed by atoms with E-state index in [4.69, 9.17) is 9.47 Å². The fourth-order valence-corrected chi connectivity index (χ4v) is 3.73. The number of esters is 1. The number of halogens is 2. The van der Waals surface area contributed by atoms with Crippen molar-refractivity contribution in [1.29, 1.82) is 0 Å². The van der Waals surface area contributed by atoms with Gasteiger partial charge in [0.2, 0.25) is 11.2 Å². The average Bonchev–Trinajstić information content (AvgIpc) is 3.41. The summed E-state index contributed by atoms with van der Waals surface area (Å²) < 4.78 is 40.0. The summed E-state index contributed by atoms with van der Waals surface area (Å²) in [6.45, 7) is 1.74. The molecular weight excluding hydrogens is 352 g/mol. The van der Waals surface area contributed by atoms with Crippen LogP contribution in [0, 0.1) is 11.6 Å². The molecule has 1 aliphatic rings. The van der Waals surface area contributed by atoms with E-state index in [0.29, 0.717) is 5.03 Å². The third kappa shape index (κ3) is 2.78. The smallest absolute Gasteiger partial charge is 0.344 e. The monoisotopic (exact) mass is 369 g/mol. The zero-order valence-corrected chi connectivity index (χ0v) is 14.8. The summed E-state index contributed by atoms with van der Waals surface area (Å²) in [6, 6.07) is 0.818. The molecule has 0 atom stereocenters. The Hall–Kier alpha value is -2.09. The van der Waals surface area contributed by atoms with Crippen molar-refractivity contribution in [3.63, 3.8) is 0 Å². The van der Waals surface area contributed by atoms with Crippen molar-refractivity contribution in [2.24, 2.45) is 0 Å². The molecule has 0 amide bonds. The van der Waals surface area contributed by atoms with Crippen molar-refractivity contribution in [2.75, 3.05) is 20.0 Å². The molecule has 1 fully saturated rings. The van der Waals surface area contributed by atoms with Crippen molar-refractivity contribution < 1.29 is 23.0 Å². The lowest BCUT2D eigenvalue weighted by atomic mass is 10.1. The largest absolute Gasteiger partial charge is 0.491 e. The van der Waals surface area contributed by atoms with E-state index in [9.17, 15) is 18.4 Å². The molecule has 0 spiro atoms. The summed E-state index contributed by atoms with van der Waals surface area (Å²) in [7, 11) is 1.22. The van der Waals surface area contributed by atoms with Gasteiger partial charge < -0.3 is 14.0 Å². The van der Waals surface area contributed by atoms with Gasteiger partial charge in [-0.25, -0.2) is 9.18 Å². The van der Waals surface area contributed by atoms with Crippen LogP contribution in [0.5, 0.6) is 5.75 Å². The van der Waals surface area contributed by atoms with Crippen molar-refractivity contribution in [1.82, 2.24) is 4.57 Å². The summed E-state index contributed by atoms with van der Waals surface area (Å²) in [6.07, 6.45) is 3.35. The van der Waals surface area contributed by atoms with Crippen molar-refractivity contribution >= 4 is 28.6 Å². The fraction of sp³-hybridized carbons (Fsp3) is 0.412. The Balaban J connectivity index is 2.52. The van der Waals surface area contributed by atoms with Gasteiger partial charge in [-0.15, -0.1) is 11.8 Å². The number of nitrogens with zero attached hydrogens (tertiary/aromatic N) is 1. The molecule has 0 unspecified atom stereocenters. The van der Waals surface area contributed by atoms with Crippen LogP contribution in [0.15, 0.2) is 15.9 Å². The normalized spacial score (nSPS) is 14.0. The van der Waals surface area contributed by atoms with Crippen LogP contribution in [0.1, 0.15) is 36.2 Å². The number of ether oxygens (including phenoxy) is 2. The average molecular weight is 369 g/mol. The van der Waals surface area contributed by atoms with Gasteiger partial charge in [0.1, 0.15) is 5.56 Å². The maximum Gasteiger partial charge on any atom is 0.344 e. The Morgan fingerprint density at radius 1 is 1.40 bits per heavy atom. The lowest BCUT2D eigenvalue weighted by Gasteiger charge is -2.20. The maximum absolute atomic E-state index is 14.2. The van der Waals surface area contributed by atoms with Crippen molar-refractivity contribution in [3.8, 4) is 5.75 Å². The number of hydrogen-bond donors (Lipinski definition) is 0. The molecule has 0 radical (unpaired) electrons. The number of rotatable bonds is 5. The highest BCUT2D eigenvalue weighted by Gasteiger charge is 2.34. The summed E-state index contributed by atoms with van der Waals surface area (Å²) in [4.78, 5) is 25.2. The fourth-order valence-electron chi connectivity index (χ4n) is 2.91. The van der Waals surface area contributed by atoms with Gasteiger partial charge in [0.05, 0.1) is 29.6 Å². The molecule has 8 heteroatoms. The lowest BCUT2D eigenvalue weighted by molar-refractivity contribution is 0.0519. The van der Waals surface area contributed by atoms with E-state index in [-0.39, 0.29) is 34.9 Å². The first-order valence-electron chi connectivity index (χ1n) is 7.81. The van der Waals surface area contributed by atoms with Crippen LogP contribution in [0.4, 0.5) is 8.78 Å². The molecule has 5 nitrogen and oxygen atoms in total. The Morgan fingerprint density at radius 3 is 2.60 bits per heavy atom. The number of carbonyl (C=O) groups excluding carboxylic acids is 1. The summed E-state index contributed by atoms with van der Waals surface area (Å²) in [5.41, 5.74) is -0.667. The minimum atomic E-state index is -1.20. The maximum atomic E-state index is 14.2. The predicted octanol–water partition coefficient (Wildman–Crippen LogP) is 3.52. The molecule has 1 aromatic heterocycles. The number of carbonyl (C=O) groups is 1. The molecule has 1 aromatic carbocycles. The molecule has 2 aromatic rings. The van der Waals surface area contributed by atoms with Crippen LogP contribution in [0.3, 0.4) is 0 Å². The molecule has 0 saturated heterocycles. The van der Waals surface area contributed by atoms with Gasteiger partial charge in [-0.2, -0.15) is 4.39 Å². The molecule has 25 heavy (non-hydrogen) atoms. The summed E-state index contributed by atoms with van der Waals surface area (Å²) in [5.74, 6) is -3.45. The van der Waals surface area contributed by atoms with E-state index in [1.807, 2.05) is 0 Å². The molecule has 1 saturated carbocycles. The van der Waals surface area contributed by atoms with Gasteiger partial charge in [-0.05, 0) is 32.1 Å². The van der Waals surface area contributed by atoms with E-state index in [1.165, 1.54) is 18.9 Å². The minimum Gasteiger partial charge on any atom is -0.491 e. The summed E-state index contributed by atoms with van der Waals surface area (Å²) >= 11 is 1.19. The first-order chi connectivity index (χ1) is 12.0. The number of methoxy groups -OCH3 is 1. The first kappa shape index (κ1) is 17.7. The van der Waals surface area contributed by atoms with Crippen LogP contribution >= 0.6 is 11.8 Å². The van der Waals surface area contributed by atoms with E-state index in [2.05, 4.69) is 0 Å². The van der Waals surface area contributed by atoms with E-state index in [1.54, 1.807) is 17.7 Å². The third-order valence-electron chi connectivity index (χ3n) is 4.08. The molecule has 0 aliphatic heterocycles. The van der Waals surface area contributed by atoms with Crippen molar-refractivity contribution in [2.45, 2.75) is 30.8 Å². The Kier molecular flexibility index (Phi) is 4.73.